The van der Waals surface area contributed by atoms with Crippen molar-refractivity contribution in [3.05, 3.63) is 22.2 Å². The number of rotatable bonds is 5. The smallest absolute Gasteiger partial charge is 0.175 e. The summed E-state index contributed by atoms with van der Waals surface area (Å²) in [6.07, 6.45) is 4.43. The number of hydrogen-bond acceptors (Lipinski definition) is 3. The first kappa shape index (κ1) is 16.3. The number of halogens is 1. The molecule has 1 aliphatic carbocycles. The van der Waals surface area contributed by atoms with Crippen LogP contribution in [0.3, 0.4) is 0 Å². The number of ether oxygens (including phenoxy) is 2. The van der Waals surface area contributed by atoms with Crippen LogP contribution in [0.4, 0.5) is 0 Å². The van der Waals surface area contributed by atoms with Gasteiger partial charge in [-0.25, -0.2) is 0 Å². The first-order chi connectivity index (χ1) is 10.0. The van der Waals surface area contributed by atoms with Crippen LogP contribution in [0.1, 0.15) is 50.4 Å². The van der Waals surface area contributed by atoms with Crippen LogP contribution in [0.2, 0.25) is 0 Å². The second-order valence-corrected chi connectivity index (χ2v) is 6.89. The molecule has 0 aliphatic heterocycles. The molecule has 1 saturated carbocycles. The van der Waals surface area contributed by atoms with Gasteiger partial charge in [0, 0.05) is 5.56 Å². The first-order valence-corrected chi connectivity index (χ1v) is 8.40. The van der Waals surface area contributed by atoms with E-state index in [0.29, 0.717) is 35.5 Å². The fourth-order valence-electron chi connectivity index (χ4n) is 3.17. The van der Waals surface area contributed by atoms with E-state index < -0.39 is 0 Å². The second-order valence-electron chi connectivity index (χ2n) is 6.04. The summed E-state index contributed by atoms with van der Waals surface area (Å²) in [6, 6.07) is 3.52. The minimum atomic E-state index is 0.210. The van der Waals surface area contributed by atoms with E-state index in [-0.39, 0.29) is 6.10 Å². The van der Waals surface area contributed by atoms with Gasteiger partial charge in [-0.1, -0.05) is 13.8 Å². The highest BCUT2D eigenvalue weighted by Crippen LogP contribution is 2.40. The van der Waals surface area contributed by atoms with Crippen LogP contribution in [-0.2, 0) is 0 Å². The minimum absolute atomic E-state index is 0.210. The highest BCUT2D eigenvalue weighted by molar-refractivity contribution is 9.10. The molecule has 4 heteroatoms. The fourth-order valence-corrected chi connectivity index (χ4v) is 3.72. The predicted molar refractivity (Wildman–Crippen MR) is 87.3 cm³/mol. The Labute approximate surface area is 135 Å². The molecule has 0 spiro atoms. The normalized spacial score (nSPS) is 25.4. The Balaban J connectivity index is 2.23. The van der Waals surface area contributed by atoms with Crippen molar-refractivity contribution in [2.75, 3.05) is 6.61 Å². The van der Waals surface area contributed by atoms with E-state index in [1.54, 1.807) is 12.1 Å². The van der Waals surface area contributed by atoms with Crippen LogP contribution in [0.25, 0.3) is 0 Å². The van der Waals surface area contributed by atoms with Gasteiger partial charge in [-0.15, -0.1) is 0 Å². The van der Waals surface area contributed by atoms with Gasteiger partial charge in [0.05, 0.1) is 17.2 Å². The summed E-state index contributed by atoms with van der Waals surface area (Å²) in [5.74, 6) is 2.72. The number of carbonyl (C=O) groups excluding carboxylic acids is 1. The second kappa shape index (κ2) is 7.30. The lowest BCUT2D eigenvalue weighted by Gasteiger charge is -2.32. The van der Waals surface area contributed by atoms with Gasteiger partial charge in [0.1, 0.15) is 6.29 Å². The highest BCUT2D eigenvalue weighted by Gasteiger charge is 2.27. The topological polar surface area (TPSA) is 35.5 Å². The molecule has 2 rings (SSSR count). The zero-order valence-corrected chi connectivity index (χ0v) is 14.5. The number of hydrogen-bond donors (Lipinski definition) is 0. The van der Waals surface area contributed by atoms with E-state index in [4.69, 9.17) is 9.47 Å². The van der Waals surface area contributed by atoms with E-state index in [9.17, 15) is 4.79 Å². The van der Waals surface area contributed by atoms with Gasteiger partial charge in [-0.2, -0.15) is 0 Å². The van der Waals surface area contributed by atoms with Crippen molar-refractivity contribution in [3.8, 4) is 11.5 Å². The van der Waals surface area contributed by atoms with E-state index in [0.717, 1.165) is 23.6 Å². The summed E-state index contributed by atoms with van der Waals surface area (Å²) < 4.78 is 12.6. The van der Waals surface area contributed by atoms with Crippen LogP contribution in [-0.4, -0.2) is 19.0 Å². The molecule has 0 aromatic heterocycles. The SMILES string of the molecule is CCOc1cc(C=O)cc(Br)c1OC1CC(C)CC(C)C1. The lowest BCUT2D eigenvalue weighted by molar-refractivity contribution is 0.0963. The summed E-state index contributed by atoms with van der Waals surface area (Å²) >= 11 is 3.50. The standard InChI is InChI=1S/C17H23BrO3/c1-4-20-16-9-13(10-19)8-15(18)17(16)21-14-6-11(2)5-12(3)7-14/h8-12,14H,4-7H2,1-3H3. The largest absolute Gasteiger partial charge is 0.490 e. The molecule has 21 heavy (non-hydrogen) atoms. The van der Waals surface area contributed by atoms with Crippen molar-refractivity contribution in [2.24, 2.45) is 11.8 Å². The zero-order chi connectivity index (χ0) is 15.4. The van der Waals surface area contributed by atoms with Gasteiger partial charge in [0.25, 0.3) is 0 Å². The summed E-state index contributed by atoms with van der Waals surface area (Å²) in [7, 11) is 0. The summed E-state index contributed by atoms with van der Waals surface area (Å²) in [6.45, 7) is 7.03. The Morgan fingerprint density at radius 2 is 1.90 bits per heavy atom. The molecule has 1 aromatic carbocycles. The van der Waals surface area contributed by atoms with Crippen LogP contribution in [0.5, 0.6) is 11.5 Å². The molecule has 116 valence electrons. The molecule has 0 saturated heterocycles. The van der Waals surface area contributed by atoms with Crippen molar-refractivity contribution < 1.29 is 14.3 Å². The fraction of sp³-hybridized carbons (Fsp3) is 0.588. The molecular weight excluding hydrogens is 332 g/mol. The molecule has 0 N–H and O–H groups in total. The van der Waals surface area contributed by atoms with Crippen LogP contribution in [0.15, 0.2) is 16.6 Å². The van der Waals surface area contributed by atoms with E-state index in [2.05, 4.69) is 29.8 Å². The van der Waals surface area contributed by atoms with Gasteiger partial charge in [-0.05, 0) is 66.1 Å². The molecule has 0 bridgehead atoms. The van der Waals surface area contributed by atoms with E-state index >= 15 is 0 Å². The number of benzene rings is 1. The third-order valence-corrected chi connectivity index (χ3v) is 4.48. The maximum Gasteiger partial charge on any atom is 0.175 e. The number of carbonyl (C=O) groups is 1. The van der Waals surface area contributed by atoms with Crippen LogP contribution in [0, 0.1) is 11.8 Å². The molecule has 1 aliphatic rings. The molecule has 0 heterocycles. The Bertz CT molecular complexity index is 491. The Kier molecular flexibility index (Phi) is 5.68. The van der Waals surface area contributed by atoms with E-state index in [1.165, 1.54) is 6.42 Å². The first-order valence-electron chi connectivity index (χ1n) is 7.61. The molecule has 3 nitrogen and oxygen atoms in total. The average Bonchev–Trinajstić information content (AvgIpc) is 2.41. The quantitative estimate of drug-likeness (QED) is 0.708. The lowest BCUT2D eigenvalue weighted by Crippen LogP contribution is -2.28. The molecule has 1 aromatic rings. The average molecular weight is 355 g/mol. The van der Waals surface area contributed by atoms with Crippen LogP contribution >= 0.6 is 15.9 Å². The van der Waals surface area contributed by atoms with Gasteiger partial charge < -0.3 is 9.47 Å². The Morgan fingerprint density at radius 1 is 1.24 bits per heavy atom. The summed E-state index contributed by atoms with van der Waals surface area (Å²) in [4.78, 5) is 11.0. The van der Waals surface area contributed by atoms with Crippen LogP contribution < -0.4 is 9.47 Å². The van der Waals surface area contributed by atoms with E-state index in [1.807, 2.05) is 6.92 Å². The maximum atomic E-state index is 11.0. The molecule has 2 unspecified atom stereocenters. The van der Waals surface area contributed by atoms with Gasteiger partial charge in [0.2, 0.25) is 0 Å². The third kappa shape index (κ3) is 4.22. The van der Waals surface area contributed by atoms with Gasteiger partial charge >= 0.3 is 0 Å². The van der Waals surface area contributed by atoms with Crippen molar-refractivity contribution in [3.63, 3.8) is 0 Å². The minimum Gasteiger partial charge on any atom is -0.490 e. The predicted octanol–water partition coefficient (Wildman–Crippen LogP) is 4.86. The number of aldehydes is 1. The third-order valence-electron chi connectivity index (χ3n) is 3.89. The lowest BCUT2D eigenvalue weighted by atomic mass is 9.82. The highest BCUT2D eigenvalue weighted by atomic mass is 79.9. The maximum absolute atomic E-state index is 11.0. The molecular formula is C17H23BrO3. The molecule has 0 amide bonds. The zero-order valence-electron chi connectivity index (χ0n) is 12.9. The Hall–Kier alpha value is -1.03. The Morgan fingerprint density at radius 3 is 2.48 bits per heavy atom. The summed E-state index contributed by atoms with van der Waals surface area (Å²) in [5.41, 5.74) is 0.586. The molecule has 1 fully saturated rings. The van der Waals surface area contributed by atoms with Crippen molar-refractivity contribution in [2.45, 2.75) is 46.1 Å². The summed E-state index contributed by atoms with van der Waals surface area (Å²) in [5, 5.41) is 0. The van der Waals surface area contributed by atoms with Crippen molar-refractivity contribution >= 4 is 22.2 Å². The molecule has 2 atom stereocenters. The van der Waals surface area contributed by atoms with Gasteiger partial charge in [0.15, 0.2) is 11.5 Å². The van der Waals surface area contributed by atoms with Crippen molar-refractivity contribution in [1.82, 2.24) is 0 Å². The van der Waals surface area contributed by atoms with Gasteiger partial charge in [-0.3, -0.25) is 4.79 Å². The molecule has 0 radical (unpaired) electrons. The van der Waals surface area contributed by atoms with Crippen molar-refractivity contribution in [1.29, 1.82) is 0 Å². The monoisotopic (exact) mass is 354 g/mol.